The Morgan fingerprint density at radius 3 is 3.00 bits per heavy atom. The van der Waals surface area contributed by atoms with Crippen LogP contribution in [-0.2, 0) is 9.53 Å². The van der Waals surface area contributed by atoms with Crippen molar-refractivity contribution in [3.05, 3.63) is 28.2 Å². The van der Waals surface area contributed by atoms with Gasteiger partial charge in [-0.15, -0.1) is 0 Å². The SMILES string of the molecule is COc1ccc(Br)cc1[C@@H]1CNC(=O)CO1. The Kier molecular flexibility index (Phi) is 3.46. The highest BCUT2D eigenvalue weighted by Crippen LogP contribution is 2.31. The maximum Gasteiger partial charge on any atom is 0.246 e. The molecule has 0 bridgehead atoms. The number of amides is 1. The molecule has 0 unspecified atom stereocenters. The van der Waals surface area contributed by atoms with Gasteiger partial charge < -0.3 is 14.8 Å². The minimum absolute atomic E-state index is 0.0785. The molecular weight excluding hydrogens is 274 g/mol. The van der Waals surface area contributed by atoms with Crippen molar-refractivity contribution in [1.29, 1.82) is 0 Å². The van der Waals surface area contributed by atoms with Crippen LogP contribution in [0, 0.1) is 0 Å². The van der Waals surface area contributed by atoms with Gasteiger partial charge in [0.2, 0.25) is 5.91 Å². The summed E-state index contributed by atoms with van der Waals surface area (Å²) in [4.78, 5) is 11.0. The zero-order valence-corrected chi connectivity index (χ0v) is 10.4. The third kappa shape index (κ3) is 2.36. The smallest absolute Gasteiger partial charge is 0.246 e. The molecule has 0 radical (unpaired) electrons. The van der Waals surface area contributed by atoms with E-state index in [9.17, 15) is 4.79 Å². The molecule has 1 heterocycles. The number of carbonyl (C=O) groups is 1. The van der Waals surface area contributed by atoms with Gasteiger partial charge >= 0.3 is 0 Å². The molecule has 1 fully saturated rings. The highest BCUT2D eigenvalue weighted by molar-refractivity contribution is 9.10. The number of methoxy groups -OCH3 is 1. The standard InChI is InChI=1S/C11H12BrNO3/c1-15-9-3-2-7(12)4-8(9)10-5-13-11(14)6-16-10/h2-4,10H,5-6H2,1H3,(H,13,14)/t10-/m0/s1. The van der Waals surface area contributed by atoms with E-state index in [0.717, 1.165) is 15.8 Å². The Bertz CT molecular complexity index is 398. The number of hydrogen-bond donors (Lipinski definition) is 1. The highest BCUT2D eigenvalue weighted by Gasteiger charge is 2.23. The fraction of sp³-hybridized carbons (Fsp3) is 0.364. The van der Waals surface area contributed by atoms with Crippen LogP contribution in [0.1, 0.15) is 11.7 Å². The first-order valence-electron chi connectivity index (χ1n) is 4.92. The molecule has 16 heavy (non-hydrogen) atoms. The van der Waals surface area contributed by atoms with Gasteiger partial charge in [0, 0.05) is 16.6 Å². The first-order valence-corrected chi connectivity index (χ1v) is 5.71. The van der Waals surface area contributed by atoms with Crippen LogP contribution >= 0.6 is 15.9 Å². The largest absolute Gasteiger partial charge is 0.496 e. The lowest BCUT2D eigenvalue weighted by atomic mass is 10.1. The van der Waals surface area contributed by atoms with Gasteiger partial charge in [-0.1, -0.05) is 15.9 Å². The first kappa shape index (κ1) is 11.4. The van der Waals surface area contributed by atoms with Crippen molar-refractivity contribution < 1.29 is 14.3 Å². The molecule has 0 saturated carbocycles. The molecule has 5 heteroatoms. The van der Waals surface area contributed by atoms with E-state index in [1.807, 2.05) is 18.2 Å². The van der Waals surface area contributed by atoms with E-state index in [1.165, 1.54) is 0 Å². The first-order chi connectivity index (χ1) is 7.70. The quantitative estimate of drug-likeness (QED) is 0.899. The van der Waals surface area contributed by atoms with Crippen molar-refractivity contribution in [2.24, 2.45) is 0 Å². The molecule has 0 spiro atoms. The molecule has 1 aliphatic heterocycles. The summed E-state index contributed by atoms with van der Waals surface area (Å²) in [6.07, 6.45) is -0.148. The number of benzene rings is 1. The van der Waals surface area contributed by atoms with Crippen LogP contribution < -0.4 is 10.1 Å². The number of carbonyl (C=O) groups excluding carboxylic acids is 1. The van der Waals surface area contributed by atoms with Crippen molar-refractivity contribution in [3.8, 4) is 5.75 Å². The van der Waals surface area contributed by atoms with Crippen molar-refractivity contribution in [2.45, 2.75) is 6.10 Å². The van der Waals surface area contributed by atoms with E-state index >= 15 is 0 Å². The number of nitrogens with one attached hydrogen (secondary N) is 1. The average molecular weight is 286 g/mol. The third-order valence-corrected chi connectivity index (χ3v) is 2.93. The number of ether oxygens (including phenoxy) is 2. The molecular formula is C11H12BrNO3. The Morgan fingerprint density at radius 1 is 1.56 bits per heavy atom. The van der Waals surface area contributed by atoms with Crippen LogP contribution in [0.25, 0.3) is 0 Å². The number of halogens is 1. The van der Waals surface area contributed by atoms with Gasteiger partial charge in [-0.25, -0.2) is 0 Å². The molecule has 86 valence electrons. The highest BCUT2D eigenvalue weighted by atomic mass is 79.9. The Morgan fingerprint density at radius 2 is 2.38 bits per heavy atom. The lowest BCUT2D eigenvalue weighted by Crippen LogP contribution is -2.38. The van der Waals surface area contributed by atoms with Crippen LogP contribution in [0.2, 0.25) is 0 Å². The van der Waals surface area contributed by atoms with Gasteiger partial charge in [0.25, 0.3) is 0 Å². The summed E-state index contributed by atoms with van der Waals surface area (Å²) in [5, 5.41) is 2.77. The van der Waals surface area contributed by atoms with Crippen molar-refractivity contribution in [3.63, 3.8) is 0 Å². The summed E-state index contributed by atoms with van der Waals surface area (Å²) < 4.78 is 11.7. The van der Waals surface area contributed by atoms with Crippen LogP contribution in [0.5, 0.6) is 5.75 Å². The molecule has 1 N–H and O–H groups in total. The van der Waals surface area contributed by atoms with Gasteiger partial charge in [-0.05, 0) is 18.2 Å². The summed E-state index contributed by atoms with van der Waals surface area (Å²) in [5.41, 5.74) is 0.942. The number of hydrogen-bond acceptors (Lipinski definition) is 3. The second-order valence-corrected chi connectivity index (χ2v) is 4.41. The monoisotopic (exact) mass is 285 g/mol. The molecule has 1 aliphatic rings. The topological polar surface area (TPSA) is 47.6 Å². The van der Waals surface area contributed by atoms with E-state index < -0.39 is 0 Å². The Hall–Kier alpha value is -1.07. The van der Waals surface area contributed by atoms with Crippen molar-refractivity contribution >= 4 is 21.8 Å². The molecule has 1 saturated heterocycles. The molecule has 2 rings (SSSR count). The fourth-order valence-corrected chi connectivity index (χ4v) is 2.03. The minimum atomic E-state index is -0.148. The summed E-state index contributed by atoms with van der Waals surface area (Å²) in [7, 11) is 1.62. The van der Waals surface area contributed by atoms with E-state index in [1.54, 1.807) is 7.11 Å². The Balaban J connectivity index is 2.24. The van der Waals surface area contributed by atoms with Crippen molar-refractivity contribution in [2.75, 3.05) is 20.3 Å². The summed E-state index contributed by atoms with van der Waals surface area (Å²) >= 11 is 3.41. The maximum absolute atomic E-state index is 11.0. The average Bonchev–Trinajstić information content (AvgIpc) is 2.30. The molecule has 1 amide bonds. The van der Waals surface area contributed by atoms with Gasteiger partial charge in [0.1, 0.15) is 18.5 Å². The van der Waals surface area contributed by atoms with Crippen LogP contribution in [-0.4, -0.2) is 26.2 Å². The van der Waals surface area contributed by atoms with E-state index in [0.29, 0.717) is 6.54 Å². The third-order valence-electron chi connectivity index (χ3n) is 2.44. The van der Waals surface area contributed by atoms with Crippen molar-refractivity contribution in [1.82, 2.24) is 5.32 Å². The molecule has 1 aromatic rings. The molecule has 0 aromatic heterocycles. The molecule has 4 nitrogen and oxygen atoms in total. The van der Waals surface area contributed by atoms with E-state index in [2.05, 4.69) is 21.2 Å². The Labute approximate surface area is 102 Å². The number of rotatable bonds is 2. The molecule has 1 aromatic carbocycles. The molecule has 1 atom stereocenters. The van der Waals surface area contributed by atoms with E-state index in [-0.39, 0.29) is 18.6 Å². The van der Waals surface area contributed by atoms with Gasteiger partial charge in [0.15, 0.2) is 0 Å². The fourth-order valence-electron chi connectivity index (χ4n) is 1.65. The zero-order chi connectivity index (χ0) is 11.5. The predicted molar refractivity (Wildman–Crippen MR) is 62.4 cm³/mol. The number of morpholine rings is 1. The van der Waals surface area contributed by atoms with Gasteiger partial charge in [-0.3, -0.25) is 4.79 Å². The van der Waals surface area contributed by atoms with Gasteiger partial charge in [-0.2, -0.15) is 0 Å². The zero-order valence-electron chi connectivity index (χ0n) is 8.83. The summed E-state index contributed by atoms with van der Waals surface area (Å²) in [5.74, 6) is 0.689. The lowest BCUT2D eigenvalue weighted by Gasteiger charge is -2.25. The lowest BCUT2D eigenvalue weighted by molar-refractivity contribution is -0.133. The normalized spacial score (nSPS) is 20.4. The van der Waals surface area contributed by atoms with Crippen LogP contribution in [0.4, 0.5) is 0 Å². The molecule has 0 aliphatic carbocycles. The van der Waals surface area contributed by atoms with E-state index in [4.69, 9.17) is 9.47 Å². The second kappa shape index (κ2) is 4.84. The minimum Gasteiger partial charge on any atom is -0.496 e. The van der Waals surface area contributed by atoms with Crippen LogP contribution in [0.15, 0.2) is 22.7 Å². The summed E-state index contributed by atoms with van der Waals surface area (Å²) in [6.45, 7) is 0.575. The summed E-state index contributed by atoms with van der Waals surface area (Å²) in [6, 6.07) is 5.73. The predicted octanol–water partition coefficient (Wildman–Crippen LogP) is 1.65. The van der Waals surface area contributed by atoms with Crippen LogP contribution in [0.3, 0.4) is 0 Å². The van der Waals surface area contributed by atoms with Gasteiger partial charge in [0.05, 0.1) is 7.11 Å². The maximum atomic E-state index is 11.0. The second-order valence-electron chi connectivity index (χ2n) is 3.49.